The Bertz CT molecular complexity index is 1900. The number of fused-ring (bicyclic) bond motifs is 2. The first-order valence-electron chi connectivity index (χ1n) is 17.2. The molecule has 2 aliphatic heterocycles. The molecule has 1 aromatic carbocycles. The van der Waals surface area contributed by atoms with Crippen LogP contribution in [0.15, 0.2) is 36.9 Å². The fourth-order valence-electron chi connectivity index (χ4n) is 7.25. The number of hydrogen-bond acceptors (Lipinski definition) is 9. The minimum Gasteiger partial charge on any atom is -0.367 e. The maximum absolute atomic E-state index is 13.1. The van der Waals surface area contributed by atoms with E-state index >= 15 is 0 Å². The Hall–Kier alpha value is -4.19. The van der Waals surface area contributed by atoms with E-state index in [1.54, 1.807) is 13.1 Å². The monoisotopic (exact) mass is 707 g/mol. The summed E-state index contributed by atoms with van der Waals surface area (Å²) in [6.07, 6.45) is -0.432. The van der Waals surface area contributed by atoms with Crippen LogP contribution < -0.4 is 16.0 Å². The molecule has 50 heavy (non-hydrogen) atoms. The van der Waals surface area contributed by atoms with Gasteiger partial charge in [-0.3, -0.25) is 14.6 Å². The predicted molar refractivity (Wildman–Crippen MR) is 192 cm³/mol. The lowest BCUT2D eigenvalue weighted by Gasteiger charge is -2.36. The van der Waals surface area contributed by atoms with Gasteiger partial charge in [0.1, 0.15) is 22.4 Å². The zero-order chi connectivity index (χ0) is 35.6. The molecule has 266 valence electrons. The number of nitrogens with zero attached hydrogens (tertiary/aromatic N) is 6. The molecule has 0 unspecified atom stereocenters. The highest BCUT2D eigenvalue weighted by Crippen LogP contribution is 2.35. The Kier molecular flexibility index (Phi) is 10.7. The van der Waals surface area contributed by atoms with Crippen LogP contribution in [0.3, 0.4) is 0 Å². The van der Waals surface area contributed by atoms with E-state index in [0.29, 0.717) is 34.2 Å². The van der Waals surface area contributed by atoms with Crippen molar-refractivity contribution >= 4 is 50.1 Å². The van der Waals surface area contributed by atoms with E-state index < -0.39 is 12.6 Å². The van der Waals surface area contributed by atoms with Crippen LogP contribution in [0.1, 0.15) is 54.3 Å². The van der Waals surface area contributed by atoms with Gasteiger partial charge >= 0.3 is 6.18 Å². The van der Waals surface area contributed by atoms with Crippen molar-refractivity contribution < 1.29 is 18.0 Å². The summed E-state index contributed by atoms with van der Waals surface area (Å²) >= 11 is 1.05. The lowest BCUT2D eigenvalue weighted by Crippen LogP contribution is -2.48. The molecule has 6 rings (SSSR count). The molecule has 0 spiro atoms. The van der Waals surface area contributed by atoms with Crippen LogP contribution in [0.5, 0.6) is 0 Å². The van der Waals surface area contributed by atoms with E-state index in [1.165, 1.54) is 17.2 Å². The summed E-state index contributed by atoms with van der Waals surface area (Å²) in [5.41, 5.74) is 4.13. The zero-order valence-corrected chi connectivity index (χ0v) is 29.6. The number of nitriles is 1. The number of thiophene rings is 1. The van der Waals surface area contributed by atoms with Gasteiger partial charge < -0.3 is 20.5 Å². The normalized spacial score (nSPS) is 17.5. The summed E-state index contributed by atoms with van der Waals surface area (Å²) < 4.78 is 41.4. The van der Waals surface area contributed by atoms with Crippen molar-refractivity contribution in [1.82, 2.24) is 29.7 Å². The number of alkyl halides is 3. The number of nitrogens with one attached hydrogen (secondary N) is 3. The molecule has 0 bridgehead atoms. The summed E-state index contributed by atoms with van der Waals surface area (Å²) in [7, 11) is 1.70. The Labute approximate surface area is 294 Å². The molecule has 14 heteroatoms. The van der Waals surface area contributed by atoms with Gasteiger partial charge in [-0.25, -0.2) is 4.98 Å². The predicted octanol–water partition coefficient (Wildman–Crippen LogP) is 6.20. The fourth-order valence-corrected chi connectivity index (χ4v) is 8.31. The number of rotatable bonds is 11. The van der Waals surface area contributed by atoms with Gasteiger partial charge in [-0.1, -0.05) is 12.6 Å². The van der Waals surface area contributed by atoms with Crippen LogP contribution in [0, 0.1) is 18.3 Å². The quantitative estimate of drug-likeness (QED) is 0.158. The number of aryl methyl sites for hydroxylation is 1. The molecule has 1 atom stereocenters. The van der Waals surface area contributed by atoms with Crippen LogP contribution in [-0.4, -0.2) is 87.8 Å². The van der Waals surface area contributed by atoms with Crippen molar-refractivity contribution in [3.05, 3.63) is 58.6 Å². The number of halogens is 3. The van der Waals surface area contributed by atoms with Gasteiger partial charge in [0.05, 0.1) is 11.8 Å². The highest BCUT2D eigenvalue weighted by molar-refractivity contribution is 7.18. The first-order valence-corrected chi connectivity index (χ1v) is 18.0. The van der Waals surface area contributed by atoms with Crippen molar-refractivity contribution in [1.29, 1.82) is 5.26 Å². The first-order chi connectivity index (χ1) is 23.9. The number of carbonyl (C=O) groups is 1. The topological polar surface area (TPSA) is 114 Å². The molecule has 5 heterocycles. The van der Waals surface area contributed by atoms with Crippen molar-refractivity contribution in [2.24, 2.45) is 0 Å². The summed E-state index contributed by atoms with van der Waals surface area (Å²) in [6.45, 7) is 12.9. The number of piperidine rings is 2. The van der Waals surface area contributed by atoms with E-state index in [-0.39, 0.29) is 28.9 Å². The minimum absolute atomic E-state index is 0.127. The van der Waals surface area contributed by atoms with Crippen molar-refractivity contribution in [2.45, 2.75) is 83.3 Å². The zero-order valence-electron chi connectivity index (χ0n) is 28.7. The number of hydrogen-bond donors (Lipinski definition) is 3. The maximum Gasteiger partial charge on any atom is 0.393 e. The number of anilines is 2. The molecule has 3 N–H and O–H groups in total. The lowest BCUT2D eigenvalue weighted by molar-refractivity contribution is -0.126. The average molecular weight is 708 g/mol. The fraction of sp³-hybridized carbons (Fsp3) is 0.500. The number of carbonyl (C=O) groups excluding carboxylic acids is 1. The highest BCUT2D eigenvalue weighted by Gasteiger charge is 2.30. The Balaban J connectivity index is 1.08. The molecular weight excluding hydrogens is 664 g/mol. The number of aromatic nitrogens is 3. The van der Waals surface area contributed by atoms with Crippen LogP contribution >= 0.6 is 11.3 Å². The third-order valence-electron chi connectivity index (χ3n) is 10.1. The molecule has 0 aliphatic carbocycles. The van der Waals surface area contributed by atoms with Gasteiger partial charge in [0.25, 0.3) is 0 Å². The van der Waals surface area contributed by atoms with E-state index in [0.717, 1.165) is 80.6 Å². The van der Waals surface area contributed by atoms with Gasteiger partial charge in [0.15, 0.2) is 0 Å². The van der Waals surface area contributed by atoms with Crippen LogP contribution in [0.2, 0.25) is 0 Å². The third kappa shape index (κ3) is 8.06. The Morgan fingerprint density at radius 1 is 1.12 bits per heavy atom. The lowest BCUT2D eigenvalue weighted by atomic mass is 10.0. The van der Waals surface area contributed by atoms with E-state index in [2.05, 4.69) is 78.9 Å². The minimum atomic E-state index is -4.28. The SMILES string of the molecule is C=CC(=O)NC1CCN([C@@H](C)Cn2c(C#N)cc3c(C)c(CN4CCC(Nc5nc(NC)nc6sc(CC(F)(F)F)cc56)CC4)ccc32)CC1. The van der Waals surface area contributed by atoms with Crippen molar-refractivity contribution in [2.75, 3.05) is 43.9 Å². The number of benzene rings is 1. The Morgan fingerprint density at radius 3 is 2.50 bits per heavy atom. The van der Waals surface area contributed by atoms with Gasteiger partial charge in [-0.05, 0) is 74.9 Å². The second-order valence-corrected chi connectivity index (χ2v) is 14.6. The standard InChI is InChI=1S/C36H44F3N9OS/c1-5-32(49)42-25-10-14-47(15-11-25)22(2)20-48-27(19-40)16-29-23(3)24(6-7-31(29)48)21-46-12-8-26(9-13-46)43-33-30-17-28(18-36(37,38)39)50-34(30)45-35(41-4)44-33/h5-7,16-17,22,25-26H,1,8-15,18,20-21H2,2-4H3,(H,42,49)(H2,41,43,44,45)/t22-/m0/s1. The molecule has 2 aliphatic rings. The summed E-state index contributed by atoms with van der Waals surface area (Å²) in [6, 6.07) is 10.9. The van der Waals surface area contributed by atoms with Crippen molar-refractivity contribution in [3.63, 3.8) is 0 Å². The molecule has 4 aromatic rings. The van der Waals surface area contributed by atoms with Gasteiger partial charge in [0, 0.05) is 80.2 Å². The van der Waals surface area contributed by atoms with Gasteiger partial charge in [0.2, 0.25) is 11.9 Å². The summed E-state index contributed by atoms with van der Waals surface area (Å²) in [5.74, 6) is 0.818. The molecule has 0 radical (unpaired) electrons. The van der Waals surface area contributed by atoms with Crippen LogP contribution in [0.25, 0.3) is 21.1 Å². The maximum atomic E-state index is 13.1. The number of amides is 1. The van der Waals surface area contributed by atoms with Crippen LogP contribution in [0.4, 0.5) is 24.9 Å². The van der Waals surface area contributed by atoms with Crippen LogP contribution in [-0.2, 0) is 24.3 Å². The summed E-state index contributed by atoms with van der Waals surface area (Å²) in [5, 5.41) is 21.2. The average Bonchev–Trinajstić information content (AvgIpc) is 3.66. The van der Waals surface area contributed by atoms with Gasteiger partial charge in [-0.2, -0.15) is 23.4 Å². The van der Waals surface area contributed by atoms with Crippen molar-refractivity contribution in [3.8, 4) is 6.07 Å². The molecule has 2 fully saturated rings. The molecule has 1 amide bonds. The molecular formula is C36H44F3N9OS. The third-order valence-corrected chi connectivity index (χ3v) is 11.1. The second-order valence-electron chi connectivity index (χ2n) is 13.5. The van der Waals surface area contributed by atoms with E-state index in [1.807, 2.05) is 6.07 Å². The molecule has 2 saturated heterocycles. The Morgan fingerprint density at radius 2 is 1.84 bits per heavy atom. The molecule has 3 aromatic heterocycles. The molecule has 0 saturated carbocycles. The van der Waals surface area contributed by atoms with E-state index in [4.69, 9.17) is 0 Å². The molecule has 10 nitrogen and oxygen atoms in total. The second kappa shape index (κ2) is 15.0. The van der Waals surface area contributed by atoms with Gasteiger partial charge in [-0.15, -0.1) is 11.3 Å². The largest absolute Gasteiger partial charge is 0.393 e. The summed E-state index contributed by atoms with van der Waals surface area (Å²) in [4.78, 5) is 26.3. The van der Waals surface area contributed by atoms with E-state index in [9.17, 15) is 23.2 Å². The number of likely N-dealkylation sites (tertiary alicyclic amines) is 2. The first kappa shape index (κ1) is 35.6. The highest BCUT2D eigenvalue weighted by atomic mass is 32.1. The smallest absolute Gasteiger partial charge is 0.367 e.